The minimum atomic E-state index is -3.16. The molecule has 0 aliphatic carbocycles. The first-order chi connectivity index (χ1) is 12.8. The Morgan fingerprint density at radius 1 is 1.11 bits per heavy atom. The minimum absolute atomic E-state index is 0.0551. The molecule has 2 heterocycles. The number of carbonyl (C=O) groups excluding carboxylic acids is 1. The summed E-state index contributed by atoms with van der Waals surface area (Å²) in [6, 6.07) is 8.78. The van der Waals surface area contributed by atoms with Crippen LogP contribution >= 0.6 is 0 Å². The summed E-state index contributed by atoms with van der Waals surface area (Å²) in [5.41, 5.74) is 2.48. The lowest BCUT2D eigenvalue weighted by Gasteiger charge is -2.31. The Labute approximate surface area is 163 Å². The van der Waals surface area contributed by atoms with Gasteiger partial charge in [-0.1, -0.05) is 29.8 Å². The molecule has 0 spiro atoms. The van der Waals surface area contributed by atoms with Crippen molar-refractivity contribution in [1.29, 1.82) is 0 Å². The van der Waals surface area contributed by atoms with Gasteiger partial charge in [-0.3, -0.25) is 9.69 Å². The van der Waals surface area contributed by atoms with E-state index in [0.29, 0.717) is 32.5 Å². The predicted octanol–water partition coefficient (Wildman–Crippen LogP) is 1.92. The number of benzene rings is 1. The van der Waals surface area contributed by atoms with Crippen LogP contribution in [-0.4, -0.2) is 62.5 Å². The third-order valence-electron chi connectivity index (χ3n) is 5.81. The standard InChI is InChI=1S/C20H31N3O3S/c1-16-5-7-17(8-6-16)19(22-11-3-4-12-22)15-21-20(24)18-9-13-23(14-10-18)27(2,25)26/h5-8,18-19H,3-4,9-15H2,1-2H3,(H,21,24). The number of hydrogen-bond donors (Lipinski definition) is 1. The van der Waals surface area contributed by atoms with E-state index in [1.165, 1.54) is 34.5 Å². The van der Waals surface area contributed by atoms with Gasteiger partial charge in [0.15, 0.2) is 0 Å². The molecular formula is C20H31N3O3S. The van der Waals surface area contributed by atoms with E-state index in [1.54, 1.807) is 0 Å². The van der Waals surface area contributed by atoms with Gasteiger partial charge in [0.2, 0.25) is 15.9 Å². The third-order valence-corrected chi connectivity index (χ3v) is 7.11. The fourth-order valence-electron chi connectivity index (χ4n) is 4.09. The second-order valence-electron chi connectivity index (χ2n) is 7.85. The predicted molar refractivity (Wildman–Crippen MR) is 107 cm³/mol. The number of hydrogen-bond acceptors (Lipinski definition) is 4. The third kappa shape index (κ3) is 5.30. The topological polar surface area (TPSA) is 69.7 Å². The van der Waals surface area contributed by atoms with Crippen LogP contribution in [0.2, 0.25) is 0 Å². The number of nitrogens with zero attached hydrogens (tertiary/aromatic N) is 2. The largest absolute Gasteiger partial charge is 0.354 e. The zero-order chi connectivity index (χ0) is 19.4. The van der Waals surface area contributed by atoms with Gasteiger partial charge in [-0.25, -0.2) is 12.7 Å². The first-order valence-corrected chi connectivity index (χ1v) is 11.7. The minimum Gasteiger partial charge on any atom is -0.354 e. The first-order valence-electron chi connectivity index (χ1n) is 9.88. The van der Waals surface area contributed by atoms with E-state index in [4.69, 9.17) is 0 Å². The van der Waals surface area contributed by atoms with Crippen LogP contribution in [0, 0.1) is 12.8 Å². The number of amides is 1. The molecule has 2 aliphatic rings. The monoisotopic (exact) mass is 393 g/mol. The van der Waals surface area contributed by atoms with Crippen molar-refractivity contribution in [1.82, 2.24) is 14.5 Å². The molecule has 1 amide bonds. The van der Waals surface area contributed by atoms with E-state index in [1.807, 2.05) is 0 Å². The van der Waals surface area contributed by atoms with Crippen molar-refractivity contribution in [2.75, 3.05) is 39.0 Å². The molecule has 3 rings (SSSR count). The lowest BCUT2D eigenvalue weighted by Crippen LogP contribution is -2.44. The lowest BCUT2D eigenvalue weighted by atomic mass is 9.96. The number of nitrogens with one attached hydrogen (secondary N) is 1. The average molecular weight is 394 g/mol. The summed E-state index contributed by atoms with van der Waals surface area (Å²) in [6.07, 6.45) is 4.84. The van der Waals surface area contributed by atoms with Crippen LogP contribution in [0.4, 0.5) is 0 Å². The molecule has 150 valence electrons. The number of piperidine rings is 1. The lowest BCUT2D eigenvalue weighted by molar-refractivity contribution is -0.126. The Kier molecular flexibility index (Phi) is 6.55. The van der Waals surface area contributed by atoms with Crippen LogP contribution < -0.4 is 5.32 Å². The van der Waals surface area contributed by atoms with Gasteiger partial charge in [0, 0.05) is 25.6 Å². The van der Waals surface area contributed by atoms with Crippen molar-refractivity contribution < 1.29 is 13.2 Å². The molecule has 1 atom stereocenters. The molecule has 2 fully saturated rings. The summed E-state index contributed by atoms with van der Waals surface area (Å²) < 4.78 is 24.7. The van der Waals surface area contributed by atoms with E-state index in [-0.39, 0.29) is 17.9 Å². The van der Waals surface area contributed by atoms with Crippen molar-refractivity contribution in [3.63, 3.8) is 0 Å². The Hall–Kier alpha value is -1.44. The first kappa shape index (κ1) is 20.3. The van der Waals surface area contributed by atoms with Gasteiger partial charge in [0.1, 0.15) is 0 Å². The number of carbonyl (C=O) groups is 1. The molecule has 0 saturated carbocycles. The molecule has 1 unspecified atom stereocenters. The molecule has 0 bridgehead atoms. The molecule has 2 saturated heterocycles. The van der Waals surface area contributed by atoms with Crippen LogP contribution in [0.5, 0.6) is 0 Å². The highest BCUT2D eigenvalue weighted by molar-refractivity contribution is 7.88. The second kappa shape index (κ2) is 8.71. The van der Waals surface area contributed by atoms with Gasteiger partial charge in [0.05, 0.1) is 12.3 Å². The van der Waals surface area contributed by atoms with Crippen molar-refractivity contribution in [3.05, 3.63) is 35.4 Å². The number of likely N-dealkylation sites (tertiary alicyclic amines) is 1. The smallest absolute Gasteiger partial charge is 0.223 e. The highest BCUT2D eigenvalue weighted by atomic mass is 32.2. The van der Waals surface area contributed by atoms with E-state index < -0.39 is 10.0 Å². The SMILES string of the molecule is Cc1ccc(C(CNC(=O)C2CCN(S(C)(=O)=O)CC2)N2CCCC2)cc1. The van der Waals surface area contributed by atoms with E-state index in [2.05, 4.69) is 41.4 Å². The highest BCUT2D eigenvalue weighted by Gasteiger charge is 2.30. The number of sulfonamides is 1. The summed E-state index contributed by atoms with van der Waals surface area (Å²) in [4.78, 5) is 15.1. The van der Waals surface area contributed by atoms with Crippen LogP contribution in [0.1, 0.15) is 42.9 Å². The molecule has 27 heavy (non-hydrogen) atoms. The number of rotatable bonds is 6. The van der Waals surface area contributed by atoms with Gasteiger partial charge in [-0.2, -0.15) is 0 Å². The van der Waals surface area contributed by atoms with Gasteiger partial charge in [-0.05, 0) is 51.3 Å². The summed E-state index contributed by atoms with van der Waals surface area (Å²) in [6.45, 7) is 5.70. The normalized spacial score (nSPS) is 21.3. The molecule has 2 aliphatic heterocycles. The molecule has 0 aromatic heterocycles. The highest BCUT2D eigenvalue weighted by Crippen LogP contribution is 2.25. The van der Waals surface area contributed by atoms with Gasteiger partial charge in [0.25, 0.3) is 0 Å². The summed E-state index contributed by atoms with van der Waals surface area (Å²) in [7, 11) is -3.16. The molecule has 7 heteroatoms. The number of aryl methyl sites for hydroxylation is 1. The van der Waals surface area contributed by atoms with E-state index >= 15 is 0 Å². The van der Waals surface area contributed by atoms with Gasteiger partial charge >= 0.3 is 0 Å². The molecule has 1 N–H and O–H groups in total. The Morgan fingerprint density at radius 2 is 1.70 bits per heavy atom. The zero-order valence-electron chi connectivity index (χ0n) is 16.4. The van der Waals surface area contributed by atoms with Crippen LogP contribution in [0.25, 0.3) is 0 Å². The van der Waals surface area contributed by atoms with Gasteiger partial charge in [-0.15, -0.1) is 0 Å². The van der Waals surface area contributed by atoms with Crippen LogP contribution in [-0.2, 0) is 14.8 Å². The molecule has 0 radical (unpaired) electrons. The van der Waals surface area contributed by atoms with Crippen molar-refractivity contribution in [2.45, 2.75) is 38.6 Å². The molecular weight excluding hydrogens is 362 g/mol. The van der Waals surface area contributed by atoms with Crippen molar-refractivity contribution in [3.8, 4) is 0 Å². The fourth-order valence-corrected chi connectivity index (χ4v) is 4.96. The zero-order valence-corrected chi connectivity index (χ0v) is 17.2. The van der Waals surface area contributed by atoms with Crippen molar-refractivity contribution in [2.24, 2.45) is 5.92 Å². The van der Waals surface area contributed by atoms with Crippen LogP contribution in [0.3, 0.4) is 0 Å². The maximum absolute atomic E-state index is 12.7. The maximum atomic E-state index is 12.7. The van der Waals surface area contributed by atoms with Crippen molar-refractivity contribution >= 4 is 15.9 Å². The molecule has 6 nitrogen and oxygen atoms in total. The fraction of sp³-hybridized carbons (Fsp3) is 0.650. The Balaban J connectivity index is 1.58. The Morgan fingerprint density at radius 3 is 2.26 bits per heavy atom. The Bertz CT molecular complexity index is 734. The quantitative estimate of drug-likeness (QED) is 0.802. The van der Waals surface area contributed by atoms with E-state index in [9.17, 15) is 13.2 Å². The van der Waals surface area contributed by atoms with Crippen LogP contribution in [0.15, 0.2) is 24.3 Å². The second-order valence-corrected chi connectivity index (χ2v) is 9.83. The van der Waals surface area contributed by atoms with E-state index in [0.717, 1.165) is 13.1 Å². The van der Waals surface area contributed by atoms with Gasteiger partial charge < -0.3 is 5.32 Å². The average Bonchev–Trinajstić information content (AvgIpc) is 3.17. The molecule has 1 aromatic rings. The summed E-state index contributed by atoms with van der Waals surface area (Å²) in [5.74, 6) is -0.0419. The maximum Gasteiger partial charge on any atom is 0.223 e. The summed E-state index contributed by atoms with van der Waals surface area (Å²) in [5, 5.41) is 3.15. The summed E-state index contributed by atoms with van der Waals surface area (Å²) >= 11 is 0. The molecule has 1 aromatic carbocycles.